The SMILES string of the molecule is Cc1cc2nc3c(c(CO)c2cc1C)CN(C)CC3. The summed E-state index contributed by atoms with van der Waals surface area (Å²) in [6, 6.07) is 4.31. The highest BCUT2D eigenvalue weighted by atomic mass is 16.3. The number of benzene rings is 1. The number of aryl methyl sites for hydroxylation is 2. The highest BCUT2D eigenvalue weighted by Crippen LogP contribution is 2.29. The highest BCUT2D eigenvalue weighted by molar-refractivity contribution is 5.85. The Labute approximate surface area is 113 Å². The van der Waals surface area contributed by atoms with Gasteiger partial charge in [0, 0.05) is 30.6 Å². The number of aromatic nitrogens is 1. The summed E-state index contributed by atoms with van der Waals surface area (Å²) in [6.07, 6.45) is 0.974. The predicted molar refractivity (Wildman–Crippen MR) is 77.2 cm³/mol. The number of likely N-dealkylation sites (N-methyl/N-ethyl adjacent to an activating group) is 1. The topological polar surface area (TPSA) is 36.4 Å². The van der Waals surface area contributed by atoms with Gasteiger partial charge in [0.15, 0.2) is 0 Å². The van der Waals surface area contributed by atoms with E-state index >= 15 is 0 Å². The van der Waals surface area contributed by atoms with Crippen molar-refractivity contribution in [2.24, 2.45) is 0 Å². The van der Waals surface area contributed by atoms with E-state index < -0.39 is 0 Å². The van der Waals surface area contributed by atoms with Gasteiger partial charge in [0.1, 0.15) is 0 Å². The van der Waals surface area contributed by atoms with Gasteiger partial charge in [-0.2, -0.15) is 0 Å². The lowest BCUT2D eigenvalue weighted by Crippen LogP contribution is -2.28. The molecule has 0 atom stereocenters. The minimum atomic E-state index is 0.0949. The summed E-state index contributed by atoms with van der Waals surface area (Å²) in [5.41, 5.74) is 7.00. The van der Waals surface area contributed by atoms with E-state index in [9.17, 15) is 5.11 Å². The Morgan fingerprint density at radius 3 is 2.74 bits per heavy atom. The maximum atomic E-state index is 9.79. The summed E-state index contributed by atoms with van der Waals surface area (Å²) in [5, 5.41) is 10.9. The number of aliphatic hydroxyl groups excluding tert-OH is 1. The first kappa shape index (κ1) is 12.6. The number of fused-ring (bicyclic) bond motifs is 2. The number of pyridine rings is 1. The van der Waals surface area contributed by atoms with Crippen molar-refractivity contribution < 1.29 is 5.11 Å². The normalized spacial score (nSPS) is 15.8. The molecule has 1 aliphatic heterocycles. The van der Waals surface area contributed by atoms with Crippen LogP contribution in [0.15, 0.2) is 12.1 Å². The molecule has 1 aliphatic rings. The van der Waals surface area contributed by atoms with Gasteiger partial charge in [-0.3, -0.25) is 4.98 Å². The van der Waals surface area contributed by atoms with Crippen LogP contribution < -0.4 is 0 Å². The fourth-order valence-electron chi connectivity index (χ4n) is 2.90. The minimum absolute atomic E-state index is 0.0949. The first-order valence-corrected chi connectivity index (χ1v) is 6.81. The second-order valence-corrected chi connectivity index (χ2v) is 5.62. The third-order valence-electron chi connectivity index (χ3n) is 4.22. The van der Waals surface area contributed by atoms with E-state index in [0.717, 1.165) is 41.7 Å². The van der Waals surface area contributed by atoms with Crippen molar-refractivity contribution in [2.75, 3.05) is 13.6 Å². The Morgan fingerprint density at radius 1 is 1.26 bits per heavy atom. The fourth-order valence-corrected chi connectivity index (χ4v) is 2.90. The molecule has 2 heterocycles. The van der Waals surface area contributed by atoms with E-state index in [0.29, 0.717) is 0 Å². The summed E-state index contributed by atoms with van der Waals surface area (Å²) in [5.74, 6) is 0. The van der Waals surface area contributed by atoms with Crippen molar-refractivity contribution in [1.82, 2.24) is 9.88 Å². The lowest BCUT2D eigenvalue weighted by Gasteiger charge is -2.27. The van der Waals surface area contributed by atoms with E-state index in [1.165, 1.54) is 16.7 Å². The summed E-state index contributed by atoms with van der Waals surface area (Å²) in [4.78, 5) is 7.11. The quantitative estimate of drug-likeness (QED) is 0.850. The fraction of sp³-hybridized carbons (Fsp3) is 0.438. The predicted octanol–water partition coefficient (Wildman–Crippen LogP) is 2.33. The number of rotatable bonds is 1. The smallest absolute Gasteiger partial charge is 0.0712 e. The van der Waals surface area contributed by atoms with E-state index in [4.69, 9.17) is 4.98 Å². The van der Waals surface area contributed by atoms with E-state index in [2.05, 4.69) is 37.9 Å². The molecule has 0 aliphatic carbocycles. The van der Waals surface area contributed by atoms with Gasteiger partial charge in [-0.05, 0) is 55.3 Å². The van der Waals surface area contributed by atoms with Crippen molar-refractivity contribution >= 4 is 10.9 Å². The summed E-state index contributed by atoms with van der Waals surface area (Å²) < 4.78 is 0. The highest BCUT2D eigenvalue weighted by Gasteiger charge is 2.20. The second-order valence-electron chi connectivity index (χ2n) is 5.62. The minimum Gasteiger partial charge on any atom is -0.392 e. The van der Waals surface area contributed by atoms with Crippen LogP contribution in [0.3, 0.4) is 0 Å². The number of hydrogen-bond acceptors (Lipinski definition) is 3. The average Bonchev–Trinajstić information content (AvgIpc) is 2.38. The third kappa shape index (κ3) is 2.03. The maximum Gasteiger partial charge on any atom is 0.0712 e. The Kier molecular flexibility index (Phi) is 3.03. The third-order valence-corrected chi connectivity index (χ3v) is 4.22. The zero-order valence-corrected chi connectivity index (χ0v) is 11.8. The molecule has 0 saturated carbocycles. The van der Waals surface area contributed by atoms with Crippen molar-refractivity contribution in [2.45, 2.75) is 33.4 Å². The first-order valence-electron chi connectivity index (χ1n) is 6.81. The van der Waals surface area contributed by atoms with Crippen LogP contribution in [0.1, 0.15) is 27.9 Å². The molecule has 3 nitrogen and oxygen atoms in total. The van der Waals surface area contributed by atoms with E-state index in [1.54, 1.807) is 0 Å². The van der Waals surface area contributed by atoms with Gasteiger partial charge in [0.2, 0.25) is 0 Å². The number of nitrogens with zero attached hydrogens (tertiary/aromatic N) is 2. The molecule has 0 saturated heterocycles. The molecule has 0 amide bonds. The van der Waals surface area contributed by atoms with Gasteiger partial charge in [0.05, 0.1) is 12.1 Å². The zero-order chi connectivity index (χ0) is 13.6. The van der Waals surface area contributed by atoms with Crippen LogP contribution in [-0.2, 0) is 19.6 Å². The molecule has 19 heavy (non-hydrogen) atoms. The number of aliphatic hydroxyl groups is 1. The van der Waals surface area contributed by atoms with Gasteiger partial charge in [-0.1, -0.05) is 0 Å². The van der Waals surface area contributed by atoms with Crippen LogP contribution in [-0.4, -0.2) is 28.6 Å². The van der Waals surface area contributed by atoms with Crippen molar-refractivity contribution in [3.63, 3.8) is 0 Å². The maximum absolute atomic E-state index is 9.79. The van der Waals surface area contributed by atoms with Crippen LogP contribution in [0.25, 0.3) is 10.9 Å². The molecule has 100 valence electrons. The molecule has 0 bridgehead atoms. The van der Waals surface area contributed by atoms with Crippen LogP contribution in [0.5, 0.6) is 0 Å². The zero-order valence-electron chi connectivity index (χ0n) is 11.8. The summed E-state index contributed by atoms with van der Waals surface area (Å²) >= 11 is 0. The molecular weight excluding hydrogens is 236 g/mol. The van der Waals surface area contributed by atoms with Gasteiger partial charge in [-0.15, -0.1) is 0 Å². The van der Waals surface area contributed by atoms with Gasteiger partial charge < -0.3 is 10.0 Å². The molecule has 0 radical (unpaired) electrons. The first-order chi connectivity index (χ1) is 9.10. The molecular formula is C16H20N2O. The molecule has 0 spiro atoms. The molecule has 3 rings (SSSR count). The lowest BCUT2D eigenvalue weighted by atomic mass is 9.94. The summed E-state index contributed by atoms with van der Waals surface area (Å²) in [6.45, 7) is 6.25. The second kappa shape index (κ2) is 4.58. The Bertz CT molecular complexity index is 649. The van der Waals surface area contributed by atoms with Gasteiger partial charge in [0.25, 0.3) is 0 Å². The van der Waals surface area contributed by atoms with Crippen LogP contribution in [0.2, 0.25) is 0 Å². The average molecular weight is 256 g/mol. The Balaban J connectivity index is 2.32. The van der Waals surface area contributed by atoms with Crippen LogP contribution in [0.4, 0.5) is 0 Å². The monoisotopic (exact) mass is 256 g/mol. The molecule has 3 heteroatoms. The van der Waals surface area contributed by atoms with Crippen molar-refractivity contribution in [3.05, 3.63) is 40.1 Å². The molecule has 1 N–H and O–H groups in total. The Morgan fingerprint density at radius 2 is 2.00 bits per heavy atom. The molecule has 1 aromatic carbocycles. The molecule has 0 fully saturated rings. The largest absolute Gasteiger partial charge is 0.392 e. The van der Waals surface area contributed by atoms with Crippen molar-refractivity contribution in [3.8, 4) is 0 Å². The van der Waals surface area contributed by atoms with Gasteiger partial charge in [-0.25, -0.2) is 0 Å². The molecule has 0 unspecified atom stereocenters. The van der Waals surface area contributed by atoms with Gasteiger partial charge >= 0.3 is 0 Å². The van der Waals surface area contributed by atoms with E-state index in [-0.39, 0.29) is 6.61 Å². The summed E-state index contributed by atoms with van der Waals surface area (Å²) in [7, 11) is 2.12. The standard InChI is InChI=1S/C16H20N2O/c1-10-6-12-14(9-19)13-8-18(3)5-4-15(13)17-16(12)7-11(10)2/h6-7,19H,4-5,8-9H2,1-3H3. The van der Waals surface area contributed by atoms with E-state index in [1.807, 2.05) is 0 Å². The molecule has 1 aromatic heterocycles. The Hall–Kier alpha value is -1.45. The number of hydrogen-bond donors (Lipinski definition) is 1. The lowest BCUT2D eigenvalue weighted by molar-refractivity contribution is 0.271. The molecule has 2 aromatic rings. The van der Waals surface area contributed by atoms with Crippen molar-refractivity contribution in [1.29, 1.82) is 0 Å². The van der Waals surface area contributed by atoms with Crippen LogP contribution >= 0.6 is 0 Å². The van der Waals surface area contributed by atoms with Crippen LogP contribution in [0, 0.1) is 13.8 Å².